The summed E-state index contributed by atoms with van der Waals surface area (Å²) in [5.74, 6) is 8.45. The molecule has 0 aliphatic heterocycles. The number of furan rings is 1. The molecule has 0 atom stereocenters. The van der Waals surface area contributed by atoms with Gasteiger partial charge in [-0.05, 0) is 87.3 Å². The molecule has 4 heterocycles. The van der Waals surface area contributed by atoms with E-state index in [-0.39, 0.29) is 31.9 Å². The van der Waals surface area contributed by atoms with Gasteiger partial charge in [0.25, 0.3) is 0 Å². The van der Waals surface area contributed by atoms with E-state index in [1.807, 2.05) is 54.7 Å². The summed E-state index contributed by atoms with van der Waals surface area (Å²) in [5, 5.41) is 4.47. The van der Waals surface area contributed by atoms with Gasteiger partial charge in [-0.25, -0.2) is 4.98 Å². The number of nitrogens with zero attached hydrogens (tertiary/aromatic N) is 4. The van der Waals surface area contributed by atoms with E-state index in [1.165, 1.54) is 43.1 Å². The zero-order valence-electron chi connectivity index (χ0n) is 38.9. The molecule has 67 heavy (non-hydrogen) atoms. The Bertz CT molecular complexity index is 3490. The molecular weight excluding hydrogens is 1060 g/mol. The van der Waals surface area contributed by atoms with E-state index in [1.54, 1.807) is 0 Å². The van der Waals surface area contributed by atoms with Crippen molar-refractivity contribution in [2.45, 2.75) is 56.8 Å². The van der Waals surface area contributed by atoms with Crippen LogP contribution in [0.1, 0.15) is 50.7 Å². The number of fused-ring (bicyclic) bond motifs is 5. The topological polar surface area (TPSA) is 56.7 Å². The van der Waals surface area contributed by atoms with Gasteiger partial charge in [-0.1, -0.05) is 118 Å². The van der Waals surface area contributed by atoms with Crippen LogP contribution in [0.4, 0.5) is 0 Å². The Kier molecular flexibility index (Phi) is 13.0. The van der Waals surface area contributed by atoms with E-state index in [0.717, 1.165) is 61.3 Å². The van der Waals surface area contributed by atoms with E-state index < -0.39 is 13.3 Å². The average molecular weight is 1110 g/mol. The van der Waals surface area contributed by atoms with Crippen LogP contribution in [0.5, 0.6) is 0 Å². The minimum Gasteiger partial charge on any atom is 0 e. The second-order valence-corrected chi connectivity index (χ2v) is 29.4. The summed E-state index contributed by atoms with van der Waals surface area (Å²) < 4.78 is 10.5. The van der Waals surface area contributed by atoms with Crippen LogP contribution in [0, 0.1) is 12.1 Å². The zero-order valence-corrected chi connectivity index (χ0v) is 43.4. The summed E-state index contributed by atoms with van der Waals surface area (Å²) in [6.45, 7) is 9.14. The fourth-order valence-electron chi connectivity index (χ4n) is 8.88. The second-order valence-electron chi connectivity index (χ2n) is 18.7. The maximum atomic E-state index is 6.66. The van der Waals surface area contributed by atoms with Gasteiger partial charge in [0.1, 0.15) is 0 Å². The summed E-state index contributed by atoms with van der Waals surface area (Å²) in [6, 6.07) is 66.0. The Morgan fingerprint density at radius 2 is 1.27 bits per heavy atom. The Hall–Kier alpha value is -6.44. The maximum Gasteiger partial charge on any atom is 0 e. The van der Waals surface area contributed by atoms with Crippen LogP contribution in [0.2, 0.25) is 17.3 Å². The van der Waals surface area contributed by atoms with Gasteiger partial charge >= 0.3 is 99.8 Å². The van der Waals surface area contributed by atoms with Crippen molar-refractivity contribution in [2.75, 3.05) is 0 Å². The Balaban J connectivity index is 0.000000281. The first-order chi connectivity index (χ1) is 32.0. The molecule has 0 saturated carbocycles. The van der Waals surface area contributed by atoms with Crippen LogP contribution in [0.25, 0.3) is 94.6 Å². The zero-order chi connectivity index (χ0) is 45.5. The molecule has 0 amide bonds. The Morgan fingerprint density at radius 3 is 1.97 bits per heavy atom. The van der Waals surface area contributed by atoms with Crippen molar-refractivity contribution in [3.63, 3.8) is 0 Å². The molecule has 11 rings (SSSR count). The third-order valence-corrected chi connectivity index (χ3v) is 16.7. The van der Waals surface area contributed by atoms with Crippen molar-refractivity contribution >= 4 is 61.5 Å². The minimum atomic E-state index is -1.72. The number of pyridine rings is 2. The van der Waals surface area contributed by atoms with Crippen molar-refractivity contribution in [1.29, 1.82) is 0 Å². The summed E-state index contributed by atoms with van der Waals surface area (Å²) in [6.07, 6.45) is 2.04. The standard InChI is InChI=1S/C46H36N3O.C14H16GeN.Ir/c1-28(2)38-26-34(33-22-21-30-13-8-9-16-32(30)25-33)27-39(29(3)4)43(38)49-42-20-11-10-19-41(42)47-45(49)37-18-12-17-35-36-23-24-40(31-14-6-5-7-15-31)48-46(36)50-44(35)37;1-15(2,3)13-9-10-14(16-11-13)12-7-5-4-6-8-12;/h5-17,19-29H,1-4H3;4-7,9-11H,1-3H3;/q2*-1;. The smallest absolute Gasteiger partial charge is 0 e. The molecule has 333 valence electrons. The summed E-state index contributed by atoms with van der Waals surface area (Å²) >= 11 is -1.72. The molecule has 7 heteroatoms. The van der Waals surface area contributed by atoms with Crippen molar-refractivity contribution in [2.24, 2.45) is 0 Å². The fraction of sp³-hybridized carbons (Fsp3) is 0.150. The number of para-hydroxylation sites is 2. The van der Waals surface area contributed by atoms with Crippen molar-refractivity contribution in [3.05, 3.63) is 199 Å². The first-order valence-electron chi connectivity index (χ1n) is 22.9. The van der Waals surface area contributed by atoms with E-state index in [2.05, 4.69) is 188 Å². The number of hydrogen-bond donors (Lipinski definition) is 0. The number of rotatable bonds is 8. The van der Waals surface area contributed by atoms with Gasteiger partial charge in [-0.2, -0.15) is 0 Å². The molecular formula is C60H52GeIrN4O-2. The number of hydrogen-bond acceptors (Lipinski definition) is 4. The normalized spacial score (nSPS) is 11.7. The molecule has 0 saturated heterocycles. The van der Waals surface area contributed by atoms with E-state index >= 15 is 0 Å². The van der Waals surface area contributed by atoms with Crippen LogP contribution in [-0.4, -0.2) is 32.8 Å². The van der Waals surface area contributed by atoms with Gasteiger partial charge in [-0.15, -0.1) is 18.2 Å². The fourth-order valence-corrected chi connectivity index (χ4v) is 11.1. The van der Waals surface area contributed by atoms with Crippen LogP contribution in [-0.2, 0) is 20.1 Å². The van der Waals surface area contributed by atoms with Gasteiger partial charge in [0.2, 0.25) is 5.71 Å². The molecule has 0 N–H and O–H groups in total. The van der Waals surface area contributed by atoms with Gasteiger partial charge in [0.15, 0.2) is 0 Å². The van der Waals surface area contributed by atoms with Crippen molar-refractivity contribution < 1.29 is 24.5 Å². The predicted octanol–water partition coefficient (Wildman–Crippen LogP) is 15.6. The first-order valence-corrected chi connectivity index (χ1v) is 30.2. The SMILES string of the molecule is CC(C)c1cc(-c2ccc3ccccc3c2)cc(C(C)C)c1-n1c(-c2[c-]ccc3c2oc2nc(-c4ccccc4)ccc23)nc2ccccc21.[CH3][Ge]([CH3])([CH3])[c]1ccc(-c2[c-]cccc2)nc1.[Ir]. The van der Waals surface area contributed by atoms with Gasteiger partial charge in [0, 0.05) is 36.7 Å². The summed E-state index contributed by atoms with van der Waals surface area (Å²) in [5.41, 5.74) is 14.3. The van der Waals surface area contributed by atoms with Gasteiger partial charge in [0.05, 0.1) is 28.1 Å². The Labute approximate surface area is 409 Å². The molecule has 0 spiro atoms. The molecule has 0 aliphatic carbocycles. The molecule has 1 radical (unpaired) electrons. The molecule has 0 unspecified atom stereocenters. The Morgan fingerprint density at radius 1 is 0.567 bits per heavy atom. The molecule has 4 aromatic heterocycles. The molecule has 7 aromatic carbocycles. The maximum absolute atomic E-state index is 6.66. The first kappa shape index (κ1) is 45.7. The number of aromatic nitrogens is 4. The van der Waals surface area contributed by atoms with Crippen LogP contribution in [0.15, 0.2) is 180 Å². The molecule has 0 aliphatic rings. The number of imidazole rings is 1. The predicted molar refractivity (Wildman–Crippen MR) is 278 cm³/mol. The van der Waals surface area contributed by atoms with E-state index in [9.17, 15) is 0 Å². The van der Waals surface area contributed by atoms with Crippen molar-refractivity contribution in [3.8, 4) is 50.7 Å². The number of benzene rings is 7. The van der Waals surface area contributed by atoms with E-state index in [4.69, 9.17) is 14.4 Å². The van der Waals surface area contributed by atoms with Crippen molar-refractivity contribution in [1.82, 2.24) is 19.5 Å². The molecule has 11 aromatic rings. The average Bonchev–Trinajstić information content (AvgIpc) is 3.92. The minimum absolute atomic E-state index is 0. The van der Waals surface area contributed by atoms with Crippen LogP contribution >= 0.6 is 0 Å². The molecule has 0 bridgehead atoms. The summed E-state index contributed by atoms with van der Waals surface area (Å²) in [7, 11) is 0. The summed E-state index contributed by atoms with van der Waals surface area (Å²) in [4.78, 5) is 14.8. The van der Waals surface area contributed by atoms with Gasteiger partial charge in [-0.3, -0.25) is 4.98 Å². The molecule has 0 fully saturated rings. The molecule has 5 nitrogen and oxygen atoms in total. The largest absolute Gasteiger partial charge is 0 e. The third-order valence-electron chi connectivity index (χ3n) is 12.5. The van der Waals surface area contributed by atoms with Crippen LogP contribution < -0.4 is 4.40 Å². The van der Waals surface area contributed by atoms with Crippen LogP contribution in [0.3, 0.4) is 0 Å². The second kappa shape index (κ2) is 19.0. The quantitative estimate of drug-likeness (QED) is 0.112. The monoisotopic (exact) mass is 1110 g/mol. The van der Waals surface area contributed by atoms with Gasteiger partial charge < -0.3 is 8.98 Å². The van der Waals surface area contributed by atoms with E-state index in [0.29, 0.717) is 5.71 Å². The third kappa shape index (κ3) is 9.06.